The fraction of sp³-hybridized carbons (Fsp3) is 0.214. The molecule has 0 bridgehead atoms. The molecule has 0 radical (unpaired) electrons. The SMILES string of the molecule is COC(=O)[C@@H](CC(=O)O)OC(=O)C=Cc1ccc(O)cc1. The highest BCUT2D eigenvalue weighted by molar-refractivity contribution is 5.90. The maximum Gasteiger partial charge on any atom is 0.347 e. The summed E-state index contributed by atoms with van der Waals surface area (Å²) in [6.07, 6.45) is 0.274. The average Bonchev–Trinajstić information content (AvgIpc) is 2.44. The summed E-state index contributed by atoms with van der Waals surface area (Å²) in [6, 6.07) is 6.00. The molecule has 0 saturated heterocycles. The Labute approximate surface area is 120 Å². The molecule has 7 nitrogen and oxygen atoms in total. The van der Waals surface area contributed by atoms with Crippen LogP contribution in [0.25, 0.3) is 6.08 Å². The second kappa shape index (κ2) is 7.68. The van der Waals surface area contributed by atoms with E-state index in [0.29, 0.717) is 5.56 Å². The smallest absolute Gasteiger partial charge is 0.347 e. The number of esters is 2. The Bertz CT molecular complexity index is 545. The van der Waals surface area contributed by atoms with Gasteiger partial charge in [0.05, 0.1) is 13.5 Å². The summed E-state index contributed by atoms with van der Waals surface area (Å²) in [5, 5.41) is 17.7. The molecule has 0 aliphatic rings. The Morgan fingerprint density at radius 2 is 1.86 bits per heavy atom. The van der Waals surface area contributed by atoms with Crippen molar-refractivity contribution in [2.45, 2.75) is 12.5 Å². The van der Waals surface area contributed by atoms with E-state index in [2.05, 4.69) is 4.74 Å². The van der Waals surface area contributed by atoms with Gasteiger partial charge in [-0.05, 0) is 23.8 Å². The lowest BCUT2D eigenvalue weighted by molar-refractivity contribution is -0.166. The van der Waals surface area contributed by atoms with Gasteiger partial charge in [-0.3, -0.25) is 4.79 Å². The van der Waals surface area contributed by atoms with Gasteiger partial charge in [0, 0.05) is 6.08 Å². The molecule has 1 rings (SSSR count). The van der Waals surface area contributed by atoms with Crippen molar-refractivity contribution < 1.29 is 34.1 Å². The molecule has 2 N–H and O–H groups in total. The monoisotopic (exact) mass is 294 g/mol. The van der Waals surface area contributed by atoms with Gasteiger partial charge in [0.15, 0.2) is 0 Å². The maximum absolute atomic E-state index is 11.5. The number of rotatable bonds is 6. The van der Waals surface area contributed by atoms with Crippen molar-refractivity contribution in [2.24, 2.45) is 0 Å². The molecule has 0 amide bonds. The first-order valence-electron chi connectivity index (χ1n) is 5.89. The molecule has 0 aliphatic heterocycles. The second-order valence-electron chi connectivity index (χ2n) is 3.97. The van der Waals surface area contributed by atoms with Gasteiger partial charge in [-0.1, -0.05) is 12.1 Å². The van der Waals surface area contributed by atoms with Gasteiger partial charge in [0.2, 0.25) is 6.10 Å². The van der Waals surface area contributed by atoms with Gasteiger partial charge in [0.25, 0.3) is 0 Å². The number of hydrogen-bond donors (Lipinski definition) is 2. The number of hydrogen-bond acceptors (Lipinski definition) is 6. The third-order valence-corrected chi connectivity index (χ3v) is 2.39. The number of carbonyl (C=O) groups is 3. The number of carboxylic acids is 1. The van der Waals surface area contributed by atoms with Crippen molar-refractivity contribution in [1.82, 2.24) is 0 Å². The first-order chi connectivity index (χ1) is 9.92. The van der Waals surface area contributed by atoms with Gasteiger partial charge in [-0.2, -0.15) is 0 Å². The van der Waals surface area contributed by atoms with Crippen LogP contribution < -0.4 is 0 Å². The van der Waals surface area contributed by atoms with Gasteiger partial charge in [-0.25, -0.2) is 9.59 Å². The average molecular weight is 294 g/mol. The number of aromatic hydroxyl groups is 1. The normalized spacial score (nSPS) is 11.9. The predicted molar refractivity (Wildman–Crippen MR) is 71.3 cm³/mol. The number of ether oxygens (including phenoxy) is 2. The van der Waals surface area contributed by atoms with E-state index in [1.54, 1.807) is 12.1 Å². The highest BCUT2D eigenvalue weighted by Gasteiger charge is 2.25. The summed E-state index contributed by atoms with van der Waals surface area (Å²) in [7, 11) is 1.07. The molecule has 112 valence electrons. The van der Waals surface area contributed by atoms with Crippen molar-refractivity contribution in [2.75, 3.05) is 7.11 Å². The Kier molecular flexibility index (Phi) is 5.94. The third-order valence-electron chi connectivity index (χ3n) is 2.39. The van der Waals surface area contributed by atoms with Crippen molar-refractivity contribution in [3.63, 3.8) is 0 Å². The molecule has 7 heteroatoms. The first-order valence-corrected chi connectivity index (χ1v) is 5.89. The number of benzene rings is 1. The number of aliphatic carboxylic acids is 1. The van der Waals surface area contributed by atoms with Crippen LogP contribution in [0, 0.1) is 0 Å². The van der Waals surface area contributed by atoms with Gasteiger partial charge in [-0.15, -0.1) is 0 Å². The van der Waals surface area contributed by atoms with E-state index >= 15 is 0 Å². The summed E-state index contributed by atoms with van der Waals surface area (Å²) < 4.78 is 9.09. The quantitative estimate of drug-likeness (QED) is 0.594. The lowest BCUT2D eigenvalue weighted by Gasteiger charge is -2.12. The zero-order valence-corrected chi connectivity index (χ0v) is 11.2. The Balaban J connectivity index is 2.66. The van der Waals surface area contributed by atoms with Crippen LogP contribution in [0.4, 0.5) is 0 Å². The maximum atomic E-state index is 11.5. The highest BCUT2D eigenvalue weighted by Crippen LogP contribution is 2.11. The minimum atomic E-state index is -1.50. The third kappa shape index (κ3) is 5.77. The summed E-state index contributed by atoms with van der Waals surface area (Å²) in [5.41, 5.74) is 0.623. The van der Waals surface area contributed by atoms with Crippen LogP contribution >= 0.6 is 0 Å². The molecule has 0 aromatic heterocycles. The van der Waals surface area contributed by atoms with Crippen LogP contribution in [0.15, 0.2) is 30.3 Å². The van der Waals surface area contributed by atoms with Crippen molar-refractivity contribution in [1.29, 1.82) is 0 Å². The minimum absolute atomic E-state index is 0.0851. The minimum Gasteiger partial charge on any atom is -0.508 e. The van der Waals surface area contributed by atoms with Crippen LogP contribution in [0.2, 0.25) is 0 Å². The summed E-state index contributed by atoms with van der Waals surface area (Å²) in [5.74, 6) is -3.02. The van der Waals surface area contributed by atoms with Crippen molar-refractivity contribution in [3.05, 3.63) is 35.9 Å². The molecule has 1 aromatic rings. The van der Waals surface area contributed by atoms with Gasteiger partial charge >= 0.3 is 17.9 Å². The topological polar surface area (TPSA) is 110 Å². The molecule has 0 unspecified atom stereocenters. The van der Waals surface area contributed by atoms with E-state index in [9.17, 15) is 14.4 Å². The van der Waals surface area contributed by atoms with Crippen LogP contribution in [-0.4, -0.2) is 41.3 Å². The molecule has 1 aromatic carbocycles. The first kappa shape index (κ1) is 16.2. The van der Waals surface area contributed by atoms with Crippen LogP contribution in [0.1, 0.15) is 12.0 Å². The molecule has 1 atom stereocenters. The number of carboxylic acid groups (broad SMARTS) is 1. The predicted octanol–water partition coefficient (Wildman–Crippen LogP) is 0.965. The van der Waals surface area contributed by atoms with Crippen LogP contribution in [0.3, 0.4) is 0 Å². The zero-order valence-electron chi connectivity index (χ0n) is 11.2. The summed E-state index contributed by atoms with van der Waals surface area (Å²) in [6.45, 7) is 0. The van der Waals surface area contributed by atoms with Crippen molar-refractivity contribution >= 4 is 24.0 Å². The molecule has 0 fully saturated rings. The second-order valence-corrected chi connectivity index (χ2v) is 3.97. The Morgan fingerprint density at radius 1 is 1.24 bits per heavy atom. The van der Waals surface area contributed by atoms with E-state index in [4.69, 9.17) is 14.9 Å². The lowest BCUT2D eigenvalue weighted by Crippen LogP contribution is -2.30. The molecule has 0 saturated carbocycles. The zero-order chi connectivity index (χ0) is 15.8. The van der Waals surface area contributed by atoms with Gasteiger partial charge in [0.1, 0.15) is 5.75 Å². The largest absolute Gasteiger partial charge is 0.508 e. The number of phenols is 1. The van der Waals surface area contributed by atoms with E-state index in [1.807, 2.05) is 0 Å². The fourth-order valence-electron chi connectivity index (χ4n) is 1.39. The summed E-state index contributed by atoms with van der Waals surface area (Å²) in [4.78, 5) is 33.4. The number of methoxy groups -OCH3 is 1. The van der Waals surface area contributed by atoms with E-state index in [0.717, 1.165) is 13.2 Å². The van der Waals surface area contributed by atoms with E-state index in [-0.39, 0.29) is 5.75 Å². The van der Waals surface area contributed by atoms with Crippen molar-refractivity contribution in [3.8, 4) is 5.75 Å². The lowest BCUT2D eigenvalue weighted by atomic mass is 10.2. The van der Waals surface area contributed by atoms with Gasteiger partial charge < -0.3 is 19.7 Å². The van der Waals surface area contributed by atoms with Crippen LogP contribution in [0.5, 0.6) is 5.75 Å². The molecular weight excluding hydrogens is 280 g/mol. The fourth-order valence-corrected chi connectivity index (χ4v) is 1.39. The number of phenolic OH excluding ortho intramolecular Hbond substituents is 1. The summed E-state index contributed by atoms with van der Waals surface area (Å²) >= 11 is 0. The van der Waals surface area contributed by atoms with E-state index < -0.39 is 30.4 Å². The highest BCUT2D eigenvalue weighted by atomic mass is 16.6. The molecule has 21 heavy (non-hydrogen) atoms. The number of carbonyl (C=O) groups excluding carboxylic acids is 2. The standard InChI is InChI=1S/C14H14O7/c1-20-14(19)11(8-12(16)17)21-13(18)7-4-9-2-5-10(15)6-3-9/h2-7,11,15H,8H2,1H3,(H,16,17)/t11-/m1/s1. The van der Waals surface area contributed by atoms with Crippen LogP contribution in [-0.2, 0) is 23.9 Å². The molecule has 0 spiro atoms. The Hall–Kier alpha value is -2.83. The Morgan fingerprint density at radius 3 is 2.38 bits per heavy atom. The van der Waals surface area contributed by atoms with E-state index in [1.165, 1.54) is 18.2 Å². The molecule has 0 heterocycles. The molecule has 0 aliphatic carbocycles. The molecular formula is C14H14O7.